The highest BCUT2D eigenvalue weighted by atomic mass is 35.5. The van der Waals surface area contributed by atoms with Crippen LogP contribution in [0.3, 0.4) is 0 Å². The Morgan fingerprint density at radius 2 is 2.00 bits per heavy atom. The first-order chi connectivity index (χ1) is 5.18. The molecule has 5 N–H and O–H groups in total. The Morgan fingerprint density at radius 1 is 1.46 bits per heavy atom. The van der Waals surface area contributed by atoms with Crippen molar-refractivity contribution in [2.75, 3.05) is 19.8 Å². The minimum Gasteiger partial charge on any atom is -0.480 e. The molecule has 0 aliphatic rings. The van der Waals surface area contributed by atoms with E-state index in [4.69, 9.17) is 21.3 Å². The van der Waals surface area contributed by atoms with E-state index in [9.17, 15) is 4.79 Å². The fourth-order valence-corrected chi connectivity index (χ4v) is 0.467. The van der Waals surface area contributed by atoms with Gasteiger partial charge in [0.1, 0.15) is 6.04 Å². The van der Waals surface area contributed by atoms with E-state index in [1.807, 2.05) is 0 Å². The third-order valence-corrected chi connectivity index (χ3v) is 1.11. The van der Waals surface area contributed by atoms with Crippen LogP contribution >= 0.6 is 24.8 Å². The molecule has 0 fully saturated rings. The molecule has 5 nitrogen and oxygen atoms in total. The fraction of sp³-hybridized carbons (Fsp3) is 0.833. The number of halogens is 2. The lowest BCUT2D eigenvalue weighted by Gasteiger charge is -2.06. The third-order valence-electron chi connectivity index (χ3n) is 1.11. The zero-order valence-corrected chi connectivity index (χ0v) is 8.77. The van der Waals surface area contributed by atoms with Crippen molar-refractivity contribution >= 4 is 30.8 Å². The molecular formula is C6H16Cl2N2O3. The lowest BCUT2D eigenvalue weighted by molar-refractivity contribution is -0.140. The van der Waals surface area contributed by atoms with Gasteiger partial charge in [0, 0.05) is 6.61 Å². The molecule has 0 aromatic heterocycles. The lowest BCUT2D eigenvalue weighted by Crippen LogP contribution is -2.35. The second-order valence-corrected chi connectivity index (χ2v) is 2.16. The molecule has 0 aromatic rings. The summed E-state index contributed by atoms with van der Waals surface area (Å²) < 4.78 is 4.91. The maximum atomic E-state index is 10.1. The standard InChI is InChI=1S/C6H14N2O3.2ClH/c7-2-1-3-11-4-5(8)6(9)10;;/h5H,1-4,7-8H2,(H,9,10);2*1H. The van der Waals surface area contributed by atoms with Crippen LogP contribution in [0.4, 0.5) is 0 Å². The van der Waals surface area contributed by atoms with Crippen LogP contribution in [0.1, 0.15) is 6.42 Å². The van der Waals surface area contributed by atoms with Crippen LogP contribution < -0.4 is 11.5 Å². The van der Waals surface area contributed by atoms with Crippen LogP contribution in [-0.2, 0) is 9.53 Å². The van der Waals surface area contributed by atoms with Gasteiger partial charge >= 0.3 is 5.97 Å². The minimum absolute atomic E-state index is 0. The summed E-state index contributed by atoms with van der Waals surface area (Å²) in [4.78, 5) is 10.1. The second-order valence-electron chi connectivity index (χ2n) is 2.16. The number of hydrogen-bond donors (Lipinski definition) is 3. The summed E-state index contributed by atoms with van der Waals surface area (Å²) in [7, 11) is 0. The van der Waals surface area contributed by atoms with Crippen LogP contribution in [0.15, 0.2) is 0 Å². The Morgan fingerprint density at radius 3 is 2.38 bits per heavy atom. The summed E-state index contributed by atoms with van der Waals surface area (Å²) in [5.74, 6) is -1.04. The van der Waals surface area contributed by atoms with Gasteiger partial charge in [-0.3, -0.25) is 4.79 Å². The van der Waals surface area contributed by atoms with Crippen molar-refractivity contribution in [1.29, 1.82) is 0 Å². The average molecular weight is 235 g/mol. The summed E-state index contributed by atoms with van der Waals surface area (Å²) in [5.41, 5.74) is 10.3. The number of ether oxygens (including phenoxy) is 1. The van der Waals surface area contributed by atoms with Gasteiger partial charge in [-0.05, 0) is 13.0 Å². The molecule has 0 rings (SSSR count). The van der Waals surface area contributed by atoms with E-state index in [0.717, 1.165) is 6.42 Å². The van der Waals surface area contributed by atoms with Crippen LogP contribution in [0.25, 0.3) is 0 Å². The molecule has 0 spiro atoms. The zero-order valence-electron chi connectivity index (χ0n) is 7.14. The van der Waals surface area contributed by atoms with Crippen LogP contribution in [0.2, 0.25) is 0 Å². The normalized spacial score (nSPS) is 10.9. The van der Waals surface area contributed by atoms with Crippen molar-refractivity contribution in [3.05, 3.63) is 0 Å². The molecule has 0 radical (unpaired) electrons. The molecule has 0 amide bonds. The lowest BCUT2D eigenvalue weighted by atomic mass is 10.3. The Balaban J connectivity index is -0.000000500. The van der Waals surface area contributed by atoms with Crippen molar-refractivity contribution in [2.45, 2.75) is 12.5 Å². The van der Waals surface area contributed by atoms with E-state index < -0.39 is 12.0 Å². The van der Waals surface area contributed by atoms with Gasteiger partial charge in [0.25, 0.3) is 0 Å². The van der Waals surface area contributed by atoms with Gasteiger partial charge in [-0.15, -0.1) is 24.8 Å². The van der Waals surface area contributed by atoms with Crippen LogP contribution in [-0.4, -0.2) is 36.9 Å². The maximum absolute atomic E-state index is 10.1. The minimum atomic E-state index is -1.04. The topological polar surface area (TPSA) is 98.6 Å². The Kier molecular flexibility index (Phi) is 17.1. The smallest absolute Gasteiger partial charge is 0.322 e. The van der Waals surface area contributed by atoms with Crippen molar-refractivity contribution in [3.63, 3.8) is 0 Å². The summed E-state index contributed by atoms with van der Waals surface area (Å²) in [6.45, 7) is 1.06. The number of hydrogen-bond acceptors (Lipinski definition) is 4. The number of carboxylic acids is 1. The molecule has 0 saturated carbocycles. The SMILES string of the molecule is Cl.Cl.NCCCOCC(N)C(=O)O. The van der Waals surface area contributed by atoms with E-state index in [1.54, 1.807) is 0 Å². The van der Waals surface area contributed by atoms with Crippen molar-refractivity contribution in [2.24, 2.45) is 11.5 Å². The molecule has 0 aliphatic heterocycles. The molecule has 0 heterocycles. The second kappa shape index (κ2) is 11.9. The molecule has 1 atom stereocenters. The van der Waals surface area contributed by atoms with Gasteiger partial charge in [-0.1, -0.05) is 0 Å². The first-order valence-corrected chi connectivity index (χ1v) is 3.44. The van der Waals surface area contributed by atoms with E-state index in [0.29, 0.717) is 13.2 Å². The predicted octanol–water partition coefficient (Wildman–Crippen LogP) is -0.393. The van der Waals surface area contributed by atoms with E-state index in [1.165, 1.54) is 0 Å². The summed E-state index contributed by atoms with van der Waals surface area (Å²) in [6.07, 6.45) is 0.729. The molecule has 13 heavy (non-hydrogen) atoms. The van der Waals surface area contributed by atoms with Gasteiger partial charge in [0.15, 0.2) is 0 Å². The van der Waals surface area contributed by atoms with Crippen LogP contribution in [0.5, 0.6) is 0 Å². The Hall–Kier alpha value is -0.0700. The highest BCUT2D eigenvalue weighted by molar-refractivity contribution is 5.85. The first kappa shape index (κ1) is 18.7. The highest BCUT2D eigenvalue weighted by Gasteiger charge is 2.10. The summed E-state index contributed by atoms with van der Waals surface area (Å²) in [5, 5.41) is 8.31. The fourth-order valence-electron chi connectivity index (χ4n) is 0.467. The van der Waals surface area contributed by atoms with Gasteiger partial charge in [0.05, 0.1) is 6.61 Å². The summed E-state index contributed by atoms with van der Waals surface area (Å²) in [6, 6.07) is -0.923. The van der Waals surface area contributed by atoms with Gasteiger partial charge in [-0.2, -0.15) is 0 Å². The number of aliphatic carboxylic acids is 1. The van der Waals surface area contributed by atoms with E-state index in [2.05, 4.69) is 0 Å². The maximum Gasteiger partial charge on any atom is 0.322 e. The van der Waals surface area contributed by atoms with Gasteiger partial charge < -0.3 is 21.3 Å². The third kappa shape index (κ3) is 11.9. The molecule has 82 valence electrons. The van der Waals surface area contributed by atoms with E-state index >= 15 is 0 Å². The molecular weight excluding hydrogens is 219 g/mol. The molecule has 1 unspecified atom stereocenters. The number of rotatable bonds is 6. The van der Waals surface area contributed by atoms with Crippen molar-refractivity contribution < 1.29 is 14.6 Å². The predicted molar refractivity (Wildman–Crippen MR) is 54.6 cm³/mol. The molecule has 0 saturated heterocycles. The molecule has 0 bridgehead atoms. The van der Waals surface area contributed by atoms with Crippen molar-refractivity contribution in [1.82, 2.24) is 0 Å². The largest absolute Gasteiger partial charge is 0.480 e. The number of carbonyl (C=O) groups is 1. The Labute approximate surface area is 89.6 Å². The number of nitrogens with two attached hydrogens (primary N) is 2. The number of carboxylic acid groups (broad SMARTS) is 1. The van der Waals surface area contributed by atoms with E-state index in [-0.39, 0.29) is 31.4 Å². The average Bonchev–Trinajstić information content (AvgIpc) is 1.97. The quantitative estimate of drug-likeness (QED) is 0.544. The van der Waals surface area contributed by atoms with Gasteiger partial charge in [0.2, 0.25) is 0 Å². The molecule has 0 aromatic carbocycles. The molecule has 0 aliphatic carbocycles. The zero-order chi connectivity index (χ0) is 8.69. The Bertz CT molecular complexity index is 126. The van der Waals surface area contributed by atoms with Crippen LogP contribution in [0, 0.1) is 0 Å². The van der Waals surface area contributed by atoms with Crippen molar-refractivity contribution in [3.8, 4) is 0 Å². The first-order valence-electron chi connectivity index (χ1n) is 3.44. The molecule has 7 heteroatoms. The highest BCUT2D eigenvalue weighted by Crippen LogP contribution is 1.84. The summed E-state index contributed by atoms with van der Waals surface area (Å²) >= 11 is 0. The van der Waals surface area contributed by atoms with Gasteiger partial charge in [-0.25, -0.2) is 0 Å². The monoisotopic (exact) mass is 234 g/mol.